The molecule has 0 saturated heterocycles. The minimum Gasteiger partial charge on any atom is -0.345 e. The van der Waals surface area contributed by atoms with Crippen LogP contribution in [0, 0.1) is 29.6 Å². The Hall–Kier alpha value is -3.08. The summed E-state index contributed by atoms with van der Waals surface area (Å²) in [5, 5.41) is 9.32. The van der Waals surface area contributed by atoms with Crippen molar-refractivity contribution in [2.45, 2.75) is 44.1 Å². The molecule has 4 fully saturated rings. The number of carbonyl (C=O) groups excluding carboxylic acids is 1. The maximum atomic E-state index is 13.5. The summed E-state index contributed by atoms with van der Waals surface area (Å²) in [6.45, 7) is 0.315. The Bertz CT molecular complexity index is 1280. The number of amides is 1. The van der Waals surface area contributed by atoms with Crippen LogP contribution in [0.2, 0.25) is 0 Å². The van der Waals surface area contributed by atoms with E-state index in [2.05, 4.69) is 26.1 Å². The summed E-state index contributed by atoms with van der Waals surface area (Å²) in [7, 11) is 1.80. The van der Waals surface area contributed by atoms with Crippen molar-refractivity contribution in [3.05, 3.63) is 22.7 Å². The maximum Gasteiger partial charge on any atom is 0.328 e. The third-order valence-electron chi connectivity index (χ3n) is 7.74. The molecule has 0 radical (unpaired) electrons. The second kappa shape index (κ2) is 5.75. The minimum absolute atomic E-state index is 0.137. The van der Waals surface area contributed by atoms with Gasteiger partial charge in [0.1, 0.15) is 5.52 Å². The number of fused-ring (bicyclic) bond motifs is 3. The Morgan fingerprint density at radius 1 is 1.30 bits per heavy atom. The van der Waals surface area contributed by atoms with Gasteiger partial charge in [-0.25, -0.2) is 4.79 Å². The monoisotopic (exact) mass is 404 g/mol. The van der Waals surface area contributed by atoms with E-state index in [1.807, 2.05) is 16.8 Å². The molecule has 30 heavy (non-hydrogen) atoms. The van der Waals surface area contributed by atoms with E-state index in [0.29, 0.717) is 36.1 Å². The summed E-state index contributed by atoms with van der Waals surface area (Å²) in [6, 6.07) is 1.94. The molecule has 0 aromatic carbocycles. The second-order valence-corrected chi connectivity index (χ2v) is 9.73. The quantitative estimate of drug-likeness (QED) is 0.652. The lowest BCUT2D eigenvalue weighted by molar-refractivity contribution is -0.163. The van der Waals surface area contributed by atoms with Gasteiger partial charge in [0, 0.05) is 18.6 Å². The predicted octanol–water partition coefficient (Wildman–Crippen LogP) is 1.99. The Morgan fingerprint density at radius 3 is 2.77 bits per heavy atom. The lowest BCUT2D eigenvalue weighted by Crippen LogP contribution is -2.62. The van der Waals surface area contributed by atoms with Gasteiger partial charge in [0.25, 0.3) is 0 Å². The molecule has 4 aliphatic rings. The van der Waals surface area contributed by atoms with Gasteiger partial charge >= 0.3 is 5.69 Å². The fourth-order valence-electron chi connectivity index (χ4n) is 7.27. The number of hydrogen-bond donors (Lipinski definition) is 2. The van der Waals surface area contributed by atoms with Crippen LogP contribution in [0.4, 0.5) is 0 Å². The first kappa shape index (κ1) is 17.8. The number of nitrogens with zero attached hydrogens (tertiary/aromatic N) is 4. The van der Waals surface area contributed by atoms with Gasteiger partial charge in [-0.3, -0.25) is 14.3 Å². The number of H-pyrrole nitrogens is 2. The molecule has 2 unspecified atom stereocenters. The molecule has 0 aliphatic heterocycles. The summed E-state index contributed by atoms with van der Waals surface area (Å²) in [6.07, 6.45) is 12.8. The molecule has 154 valence electrons. The minimum atomic E-state index is -0.434. The molecule has 2 N–H and O–H groups in total. The average Bonchev–Trinajstić information content (AvgIpc) is 3.29. The highest BCUT2D eigenvalue weighted by atomic mass is 16.2. The molecule has 8 nitrogen and oxygen atoms in total. The zero-order valence-electron chi connectivity index (χ0n) is 16.9. The van der Waals surface area contributed by atoms with Crippen molar-refractivity contribution in [3.63, 3.8) is 0 Å². The van der Waals surface area contributed by atoms with Gasteiger partial charge in [0.2, 0.25) is 5.91 Å². The molecule has 4 bridgehead atoms. The molecular weight excluding hydrogens is 380 g/mol. The van der Waals surface area contributed by atoms with Crippen LogP contribution in [-0.4, -0.2) is 49.1 Å². The van der Waals surface area contributed by atoms with Gasteiger partial charge in [-0.2, -0.15) is 0 Å². The van der Waals surface area contributed by atoms with Gasteiger partial charge in [-0.05, 0) is 56.4 Å². The molecule has 8 heteroatoms. The molecule has 3 aromatic heterocycles. The molecule has 1 amide bonds. The van der Waals surface area contributed by atoms with Crippen LogP contribution in [0.1, 0.15) is 38.5 Å². The van der Waals surface area contributed by atoms with Crippen molar-refractivity contribution in [2.75, 3.05) is 13.6 Å². The van der Waals surface area contributed by atoms with Crippen molar-refractivity contribution >= 4 is 28.1 Å². The average molecular weight is 404 g/mol. The van der Waals surface area contributed by atoms with Gasteiger partial charge in [-0.15, -0.1) is 16.6 Å². The highest BCUT2D eigenvalue weighted by Gasteiger charge is 2.62. The van der Waals surface area contributed by atoms with Gasteiger partial charge < -0.3 is 9.88 Å². The third kappa shape index (κ3) is 2.18. The van der Waals surface area contributed by atoms with E-state index < -0.39 is 5.41 Å². The normalized spacial score (nSPS) is 32.0. The van der Waals surface area contributed by atoms with E-state index in [9.17, 15) is 9.59 Å². The number of aromatic amines is 2. The number of nitrogens with one attached hydrogen (secondary N) is 2. The van der Waals surface area contributed by atoms with Crippen LogP contribution < -0.4 is 5.69 Å². The van der Waals surface area contributed by atoms with Crippen LogP contribution in [-0.2, 0) is 10.3 Å². The fraction of sp³-hybridized carbons (Fsp3) is 0.545. The van der Waals surface area contributed by atoms with Crippen molar-refractivity contribution < 1.29 is 4.79 Å². The number of hydrogen-bond acceptors (Lipinski definition) is 4. The molecule has 7 rings (SSSR count). The van der Waals surface area contributed by atoms with Gasteiger partial charge in [0.15, 0.2) is 11.3 Å². The highest BCUT2D eigenvalue weighted by Crippen LogP contribution is 2.64. The first-order chi connectivity index (χ1) is 14.4. The number of carbonyl (C=O) groups is 1. The lowest BCUT2D eigenvalue weighted by atomic mass is 9.46. The molecule has 0 spiro atoms. The Balaban J connectivity index is 1.55. The van der Waals surface area contributed by atoms with Crippen LogP contribution >= 0.6 is 0 Å². The summed E-state index contributed by atoms with van der Waals surface area (Å²) in [5.41, 5.74) is 1.00. The van der Waals surface area contributed by atoms with Gasteiger partial charge in [0.05, 0.1) is 17.5 Å². The maximum absolute atomic E-state index is 13.5. The molecular formula is C22H24N6O2. The smallest absolute Gasteiger partial charge is 0.328 e. The second-order valence-electron chi connectivity index (χ2n) is 9.73. The van der Waals surface area contributed by atoms with E-state index in [4.69, 9.17) is 6.42 Å². The summed E-state index contributed by atoms with van der Waals surface area (Å²) < 4.78 is 1.92. The van der Waals surface area contributed by atoms with E-state index in [0.717, 1.165) is 43.0 Å². The summed E-state index contributed by atoms with van der Waals surface area (Å²) in [5.74, 6) is 3.63. The number of rotatable bonds is 3. The molecule has 4 atom stereocenters. The summed E-state index contributed by atoms with van der Waals surface area (Å²) >= 11 is 0. The fourth-order valence-corrected chi connectivity index (χ4v) is 7.27. The number of imidazole rings is 1. The number of aromatic nitrogens is 5. The third-order valence-corrected chi connectivity index (χ3v) is 7.74. The molecule has 4 aliphatic carbocycles. The topological polar surface area (TPSA) is 99.7 Å². The Morgan fingerprint density at radius 2 is 2.03 bits per heavy atom. The zero-order valence-corrected chi connectivity index (χ0v) is 16.9. The van der Waals surface area contributed by atoms with E-state index in [1.54, 1.807) is 11.9 Å². The molecule has 3 aromatic rings. The molecule has 3 heterocycles. The van der Waals surface area contributed by atoms with Crippen molar-refractivity contribution in [3.8, 4) is 12.3 Å². The van der Waals surface area contributed by atoms with Crippen LogP contribution in [0.5, 0.6) is 0 Å². The standard InChI is InChI=1S/C22H24N6O2/c1-3-6-27(2)19(29)21-8-13-7-14(9-21)11-22(10-13,12-21)28-16-15-4-5-23-17(15)25-26-18(16)24-20(28)30/h1,4-5,13-14H,6-12H2,2H3,(H,23,25)(H,24,26,30)/t13-,14+,21?,22?. The Kier molecular flexibility index (Phi) is 3.40. The Labute approximate surface area is 173 Å². The van der Waals surface area contributed by atoms with Gasteiger partial charge in [-0.1, -0.05) is 5.92 Å². The van der Waals surface area contributed by atoms with E-state index >= 15 is 0 Å². The number of terminal acetylenes is 1. The van der Waals surface area contributed by atoms with E-state index in [1.165, 1.54) is 0 Å². The first-order valence-corrected chi connectivity index (χ1v) is 10.6. The van der Waals surface area contributed by atoms with E-state index in [-0.39, 0.29) is 17.1 Å². The van der Waals surface area contributed by atoms with Crippen LogP contribution in [0.3, 0.4) is 0 Å². The summed E-state index contributed by atoms with van der Waals surface area (Å²) in [4.78, 5) is 34.5. The molecule has 4 saturated carbocycles. The zero-order chi connectivity index (χ0) is 20.7. The van der Waals surface area contributed by atoms with Crippen LogP contribution in [0.25, 0.3) is 22.2 Å². The van der Waals surface area contributed by atoms with Crippen molar-refractivity contribution in [1.29, 1.82) is 0 Å². The van der Waals surface area contributed by atoms with Crippen molar-refractivity contribution in [1.82, 2.24) is 29.6 Å². The van der Waals surface area contributed by atoms with Crippen LogP contribution in [0.15, 0.2) is 17.1 Å². The lowest BCUT2D eigenvalue weighted by Gasteiger charge is -2.61. The first-order valence-electron chi connectivity index (χ1n) is 10.6. The van der Waals surface area contributed by atoms with Crippen molar-refractivity contribution in [2.24, 2.45) is 17.3 Å². The SMILES string of the molecule is C#CCN(C)C(=O)C12C[C@H]3C[C@@H](C1)CC(n1c(=O)[nH]c4nnc5[nH]ccc5c41)(C3)C2. The predicted molar refractivity (Wildman–Crippen MR) is 112 cm³/mol. The highest BCUT2D eigenvalue weighted by molar-refractivity contribution is 5.99. The largest absolute Gasteiger partial charge is 0.345 e.